The van der Waals surface area contributed by atoms with Gasteiger partial charge in [0, 0.05) is 23.5 Å². The largest absolute Gasteiger partial charge is 0.494 e. The first kappa shape index (κ1) is 11.5. The summed E-state index contributed by atoms with van der Waals surface area (Å²) < 4.78 is 5.36. The number of hydrogen-bond acceptors (Lipinski definition) is 2. The molecule has 0 aromatic heterocycles. The molecule has 1 atom stereocenters. The van der Waals surface area contributed by atoms with E-state index in [0.29, 0.717) is 13.0 Å². The standard InChI is InChI=1S/C12H14BrNO2/c1-2-16-11-5-3-10(4-6-11)14-8-9(13)7-12(14)15/h3-6,9H,2,7-8H2,1H3. The number of halogens is 1. The van der Waals surface area contributed by atoms with Crippen LogP contribution in [0.2, 0.25) is 0 Å². The summed E-state index contributed by atoms with van der Waals surface area (Å²) >= 11 is 3.47. The summed E-state index contributed by atoms with van der Waals surface area (Å²) in [6.07, 6.45) is 0.577. The molecule has 1 unspecified atom stereocenters. The smallest absolute Gasteiger partial charge is 0.228 e. The maximum absolute atomic E-state index is 11.7. The van der Waals surface area contributed by atoms with Gasteiger partial charge in [-0.3, -0.25) is 4.79 Å². The van der Waals surface area contributed by atoms with E-state index in [2.05, 4.69) is 15.9 Å². The second-order valence-electron chi connectivity index (χ2n) is 3.73. The van der Waals surface area contributed by atoms with Crippen molar-refractivity contribution in [1.29, 1.82) is 0 Å². The van der Waals surface area contributed by atoms with Gasteiger partial charge in [-0.1, -0.05) is 15.9 Å². The second-order valence-corrected chi connectivity index (χ2v) is 5.03. The fourth-order valence-electron chi connectivity index (χ4n) is 1.80. The number of carbonyl (C=O) groups excluding carboxylic acids is 1. The van der Waals surface area contributed by atoms with E-state index < -0.39 is 0 Å². The maximum atomic E-state index is 11.7. The quantitative estimate of drug-likeness (QED) is 0.798. The van der Waals surface area contributed by atoms with Gasteiger partial charge in [0.2, 0.25) is 5.91 Å². The fraction of sp³-hybridized carbons (Fsp3) is 0.417. The molecule has 1 aliphatic heterocycles. The number of carbonyl (C=O) groups is 1. The monoisotopic (exact) mass is 283 g/mol. The number of nitrogens with zero attached hydrogens (tertiary/aromatic N) is 1. The molecule has 2 rings (SSSR count). The lowest BCUT2D eigenvalue weighted by Gasteiger charge is -2.16. The molecule has 16 heavy (non-hydrogen) atoms. The van der Waals surface area contributed by atoms with Crippen molar-refractivity contribution in [2.75, 3.05) is 18.1 Å². The summed E-state index contributed by atoms with van der Waals surface area (Å²) in [6, 6.07) is 7.64. The average Bonchev–Trinajstić information content (AvgIpc) is 2.59. The van der Waals surface area contributed by atoms with Crippen LogP contribution >= 0.6 is 15.9 Å². The molecule has 4 heteroatoms. The van der Waals surface area contributed by atoms with E-state index >= 15 is 0 Å². The maximum Gasteiger partial charge on any atom is 0.228 e. The first-order chi connectivity index (χ1) is 7.70. The van der Waals surface area contributed by atoms with E-state index in [1.807, 2.05) is 31.2 Å². The number of ether oxygens (including phenoxy) is 1. The summed E-state index contributed by atoms with van der Waals surface area (Å²) in [5.41, 5.74) is 0.940. The van der Waals surface area contributed by atoms with Crippen LogP contribution in [0.1, 0.15) is 13.3 Å². The molecule has 1 heterocycles. The molecular weight excluding hydrogens is 270 g/mol. The zero-order chi connectivity index (χ0) is 11.5. The summed E-state index contributed by atoms with van der Waals surface area (Å²) in [4.78, 5) is 13.7. The molecule has 0 saturated carbocycles. The summed E-state index contributed by atoms with van der Waals surface area (Å²) in [5, 5.41) is 0. The average molecular weight is 284 g/mol. The van der Waals surface area contributed by atoms with E-state index in [-0.39, 0.29) is 10.7 Å². The van der Waals surface area contributed by atoms with Gasteiger partial charge < -0.3 is 9.64 Å². The Morgan fingerprint density at radius 1 is 1.44 bits per heavy atom. The normalized spacial score (nSPS) is 20.2. The highest BCUT2D eigenvalue weighted by atomic mass is 79.9. The van der Waals surface area contributed by atoms with Crippen molar-refractivity contribution in [1.82, 2.24) is 0 Å². The predicted octanol–water partition coefficient (Wildman–Crippen LogP) is 2.59. The number of alkyl halides is 1. The van der Waals surface area contributed by atoms with Crippen molar-refractivity contribution >= 4 is 27.5 Å². The van der Waals surface area contributed by atoms with Crippen LogP contribution in [0.15, 0.2) is 24.3 Å². The number of benzene rings is 1. The lowest BCUT2D eigenvalue weighted by atomic mass is 10.3. The number of hydrogen-bond donors (Lipinski definition) is 0. The Morgan fingerprint density at radius 2 is 2.12 bits per heavy atom. The molecular formula is C12H14BrNO2. The van der Waals surface area contributed by atoms with Crippen LogP contribution in [0.3, 0.4) is 0 Å². The van der Waals surface area contributed by atoms with Gasteiger partial charge in [0.15, 0.2) is 0 Å². The van der Waals surface area contributed by atoms with Crippen molar-refractivity contribution < 1.29 is 9.53 Å². The highest BCUT2D eigenvalue weighted by Gasteiger charge is 2.28. The van der Waals surface area contributed by atoms with Crippen molar-refractivity contribution in [2.24, 2.45) is 0 Å². The van der Waals surface area contributed by atoms with Crippen LogP contribution in [0.4, 0.5) is 5.69 Å². The SMILES string of the molecule is CCOc1ccc(N2CC(Br)CC2=O)cc1. The molecule has 86 valence electrons. The molecule has 1 fully saturated rings. The molecule has 0 radical (unpaired) electrons. The Bertz CT molecular complexity index is 377. The van der Waals surface area contributed by atoms with Gasteiger partial charge in [-0.2, -0.15) is 0 Å². The number of anilines is 1. The molecule has 1 aromatic rings. The Balaban J connectivity index is 2.12. The summed E-state index contributed by atoms with van der Waals surface area (Å²) in [6.45, 7) is 3.35. The molecule has 0 N–H and O–H groups in total. The molecule has 0 aliphatic carbocycles. The molecule has 1 aromatic carbocycles. The fourth-order valence-corrected chi connectivity index (χ4v) is 2.37. The van der Waals surface area contributed by atoms with E-state index in [9.17, 15) is 4.79 Å². The van der Waals surface area contributed by atoms with Crippen molar-refractivity contribution in [2.45, 2.75) is 18.2 Å². The Labute approximate surface area is 104 Å². The van der Waals surface area contributed by atoms with Crippen LogP contribution < -0.4 is 9.64 Å². The first-order valence-corrected chi connectivity index (χ1v) is 6.29. The summed E-state index contributed by atoms with van der Waals surface area (Å²) in [7, 11) is 0. The third-order valence-electron chi connectivity index (χ3n) is 2.54. The zero-order valence-electron chi connectivity index (χ0n) is 9.15. The Kier molecular flexibility index (Phi) is 3.49. The van der Waals surface area contributed by atoms with Crippen LogP contribution in [0.25, 0.3) is 0 Å². The second kappa shape index (κ2) is 4.87. The highest BCUT2D eigenvalue weighted by Crippen LogP contribution is 2.26. The van der Waals surface area contributed by atoms with E-state index in [0.717, 1.165) is 18.0 Å². The van der Waals surface area contributed by atoms with Crippen LogP contribution in [0, 0.1) is 0 Å². The van der Waals surface area contributed by atoms with E-state index in [4.69, 9.17) is 4.74 Å². The molecule has 3 nitrogen and oxygen atoms in total. The first-order valence-electron chi connectivity index (χ1n) is 5.38. The number of amides is 1. The minimum absolute atomic E-state index is 0.172. The van der Waals surface area contributed by atoms with Gasteiger partial charge in [0.1, 0.15) is 5.75 Å². The van der Waals surface area contributed by atoms with Crippen LogP contribution in [0.5, 0.6) is 5.75 Å². The third kappa shape index (κ3) is 2.38. The predicted molar refractivity (Wildman–Crippen MR) is 67.3 cm³/mol. The minimum Gasteiger partial charge on any atom is -0.494 e. The van der Waals surface area contributed by atoms with Crippen LogP contribution in [-0.2, 0) is 4.79 Å². The van der Waals surface area contributed by atoms with Crippen LogP contribution in [-0.4, -0.2) is 23.9 Å². The lowest BCUT2D eigenvalue weighted by Crippen LogP contribution is -2.24. The topological polar surface area (TPSA) is 29.5 Å². The summed E-state index contributed by atoms with van der Waals surface area (Å²) in [5.74, 6) is 1.01. The minimum atomic E-state index is 0.172. The highest BCUT2D eigenvalue weighted by molar-refractivity contribution is 9.09. The van der Waals surface area contributed by atoms with E-state index in [1.165, 1.54) is 0 Å². The molecule has 0 spiro atoms. The van der Waals surface area contributed by atoms with Crippen molar-refractivity contribution in [3.8, 4) is 5.75 Å². The molecule has 1 aliphatic rings. The van der Waals surface area contributed by atoms with Crippen molar-refractivity contribution in [3.05, 3.63) is 24.3 Å². The van der Waals surface area contributed by atoms with Gasteiger partial charge in [-0.15, -0.1) is 0 Å². The van der Waals surface area contributed by atoms with Gasteiger partial charge >= 0.3 is 0 Å². The lowest BCUT2D eigenvalue weighted by molar-refractivity contribution is -0.117. The van der Waals surface area contributed by atoms with Gasteiger partial charge in [0.25, 0.3) is 0 Å². The molecule has 1 amide bonds. The zero-order valence-corrected chi connectivity index (χ0v) is 10.7. The molecule has 1 saturated heterocycles. The van der Waals surface area contributed by atoms with E-state index in [1.54, 1.807) is 4.90 Å². The third-order valence-corrected chi connectivity index (χ3v) is 3.15. The van der Waals surface area contributed by atoms with Gasteiger partial charge in [0.05, 0.1) is 6.61 Å². The van der Waals surface area contributed by atoms with Gasteiger partial charge in [-0.25, -0.2) is 0 Å². The Morgan fingerprint density at radius 3 is 2.62 bits per heavy atom. The Hall–Kier alpha value is -1.03. The number of rotatable bonds is 3. The molecule has 0 bridgehead atoms. The van der Waals surface area contributed by atoms with Gasteiger partial charge in [-0.05, 0) is 31.2 Å². The van der Waals surface area contributed by atoms with Crippen molar-refractivity contribution in [3.63, 3.8) is 0 Å².